The van der Waals surface area contributed by atoms with Crippen LogP contribution in [0.3, 0.4) is 0 Å². The summed E-state index contributed by atoms with van der Waals surface area (Å²) < 4.78 is 12.4. The predicted octanol–water partition coefficient (Wildman–Crippen LogP) is 13.3. The molecule has 5 saturated carbocycles. The third-order valence-corrected chi connectivity index (χ3v) is 15.6. The molecule has 0 spiro atoms. The number of azo groups is 2. The predicted molar refractivity (Wildman–Crippen MR) is 262 cm³/mol. The number of nitrogens with zero attached hydrogens (tertiary/aromatic N) is 6. The molecule has 0 aromatic heterocycles. The van der Waals surface area contributed by atoms with E-state index in [0.29, 0.717) is 49.2 Å². The van der Waals surface area contributed by atoms with Crippen molar-refractivity contribution in [2.75, 3.05) is 13.2 Å². The summed E-state index contributed by atoms with van der Waals surface area (Å²) in [6, 6.07) is 6.29. The van der Waals surface area contributed by atoms with E-state index in [1.807, 2.05) is 0 Å². The highest BCUT2D eigenvalue weighted by Crippen LogP contribution is 2.30. The molecule has 2 amide bonds. The number of carbonyl (C=O) groups excluding carboxylic acids is 2. The SMILES string of the molecule is N#CC1CCC(N=NC2CCC(OCCCCCCCCCCC(=O)N[C@@H]3CCCC[C@H]3NC(=O)CCCCCCCCCCOC3CCC(N=NC4CCC(C#N)CC4)CC3)CC2)CC1. The second-order valence-corrected chi connectivity index (χ2v) is 21.1. The average Bonchev–Trinajstić information content (AvgIpc) is 3.35. The highest BCUT2D eigenvalue weighted by molar-refractivity contribution is 5.77. The maximum absolute atomic E-state index is 12.9. The molecule has 5 fully saturated rings. The third-order valence-electron chi connectivity index (χ3n) is 15.6. The Hall–Kier alpha value is -2.96. The molecule has 372 valence electrons. The van der Waals surface area contributed by atoms with Crippen molar-refractivity contribution in [1.82, 2.24) is 10.6 Å². The molecule has 66 heavy (non-hydrogen) atoms. The Bertz CT molecular complexity index is 1340. The van der Waals surface area contributed by atoms with Gasteiger partial charge in [0.05, 0.1) is 48.5 Å². The van der Waals surface area contributed by atoms with Gasteiger partial charge >= 0.3 is 0 Å². The standard InChI is InChI=1S/C54H92N8O4/c55-41-43-23-27-45(28-24-43)59-61-47-31-35-49(36-32-47)65-39-17-11-7-3-1-5-9-13-21-53(63)57-51-19-15-16-20-52(51)58-54(64)22-14-10-6-2-4-8-12-18-40-66-50-37-33-48(34-38-50)62-60-46-29-25-44(42-56)26-30-46/h43-52H,1-40H2,(H,57,63)(H,58,64)/t43?,44?,45?,46?,47?,48?,49?,50?,51-,52-/m1/s1. The van der Waals surface area contributed by atoms with Gasteiger partial charge in [0.2, 0.25) is 11.8 Å². The van der Waals surface area contributed by atoms with Crippen LogP contribution in [0.2, 0.25) is 0 Å². The van der Waals surface area contributed by atoms with Gasteiger partial charge in [0.15, 0.2) is 0 Å². The van der Waals surface area contributed by atoms with Crippen LogP contribution in [-0.2, 0) is 19.1 Å². The lowest BCUT2D eigenvalue weighted by Crippen LogP contribution is -2.53. The Balaban J connectivity index is 0.754. The Labute approximate surface area is 400 Å². The van der Waals surface area contributed by atoms with Gasteiger partial charge in [-0.15, -0.1) is 0 Å². The molecule has 5 aliphatic rings. The monoisotopic (exact) mass is 917 g/mol. The van der Waals surface area contributed by atoms with Crippen LogP contribution in [0.5, 0.6) is 0 Å². The smallest absolute Gasteiger partial charge is 0.220 e. The molecule has 0 aromatic carbocycles. The molecule has 2 atom stereocenters. The Morgan fingerprint density at radius 3 is 1.00 bits per heavy atom. The zero-order valence-electron chi connectivity index (χ0n) is 41.4. The number of hydrogen-bond acceptors (Lipinski definition) is 10. The number of nitrogens with one attached hydrogen (secondary N) is 2. The summed E-state index contributed by atoms with van der Waals surface area (Å²) in [5.74, 6) is 0.737. The first-order valence-corrected chi connectivity index (χ1v) is 27.9. The highest BCUT2D eigenvalue weighted by Gasteiger charge is 2.28. The number of nitriles is 2. The van der Waals surface area contributed by atoms with Crippen molar-refractivity contribution in [1.29, 1.82) is 10.5 Å². The zero-order chi connectivity index (χ0) is 46.3. The van der Waals surface area contributed by atoms with Crippen molar-refractivity contribution in [2.45, 2.75) is 292 Å². The van der Waals surface area contributed by atoms with Gasteiger partial charge in [0.25, 0.3) is 0 Å². The van der Waals surface area contributed by atoms with E-state index < -0.39 is 0 Å². The lowest BCUT2D eigenvalue weighted by atomic mass is 9.87. The van der Waals surface area contributed by atoms with Crippen molar-refractivity contribution in [2.24, 2.45) is 32.3 Å². The van der Waals surface area contributed by atoms with E-state index in [0.717, 1.165) is 180 Å². The van der Waals surface area contributed by atoms with Crippen molar-refractivity contribution < 1.29 is 19.1 Å². The Kier molecular flexibility index (Phi) is 27.4. The van der Waals surface area contributed by atoms with Crippen LogP contribution in [0.25, 0.3) is 0 Å². The molecule has 12 nitrogen and oxygen atoms in total. The van der Waals surface area contributed by atoms with E-state index in [2.05, 4.69) is 43.2 Å². The topological polar surface area (TPSA) is 174 Å². The van der Waals surface area contributed by atoms with Crippen LogP contribution < -0.4 is 10.6 Å². The molecule has 5 aliphatic carbocycles. The van der Waals surface area contributed by atoms with Crippen LogP contribution in [0.4, 0.5) is 0 Å². The molecular weight excluding hydrogens is 825 g/mol. The van der Waals surface area contributed by atoms with Crippen LogP contribution in [-0.4, -0.2) is 73.5 Å². The minimum absolute atomic E-state index is 0.0624. The lowest BCUT2D eigenvalue weighted by molar-refractivity contribution is -0.125. The average molecular weight is 917 g/mol. The maximum Gasteiger partial charge on any atom is 0.220 e. The number of ether oxygens (including phenoxy) is 2. The van der Waals surface area contributed by atoms with E-state index >= 15 is 0 Å². The summed E-state index contributed by atoms with van der Waals surface area (Å²) in [4.78, 5) is 25.7. The van der Waals surface area contributed by atoms with Gasteiger partial charge in [-0.2, -0.15) is 31.0 Å². The maximum atomic E-state index is 12.9. The van der Waals surface area contributed by atoms with Gasteiger partial charge in [-0.25, -0.2) is 0 Å². The molecule has 0 radical (unpaired) electrons. The van der Waals surface area contributed by atoms with Crippen LogP contribution in [0.15, 0.2) is 20.5 Å². The van der Waals surface area contributed by atoms with E-state index in [9.17, 15) is 9.59 Å². The number of amides is 2. The van der Waals surface area contributed by atoms with Gasteiger partial charge < -0.3 is 20.1 Å². The lowest BCUT2D eigenvalue weighted by Gasteiger charge is -2.33. The molecule has 12 heteroatoms. The van der Waals surface area contributed by atoms with Crippen LogP contribution in [0, 0.1) is 34.5 Å². The fraction of sp³-hybridized carbons (Fsp3) is 0.926. The Morgan fingerprint density at radius 1 is 0.394 bits per heavy atom. The normalized spacial score (nSPS) is 29.6. The summed E-state index contributed by atoms with van der Waals surface area (Å²) in [5, 5.41) is 43.4. The summed E-state index contributed by atoms with van der Waals surface area (Å²) in [5.41, 5.74) is 0. The summed E-state index contributed by atoms with van der Waals surface area (Å²) >= 11 is 0. The van der Waals surface area contributed by atoms with Gasteiger partial charge in [0, 0.05) is 50.0 Å². The second kappa shape index (κ2) is 33.5. The number of rotatable bonds is 30. The molecular formula is C54H92N8O4. The number of carbonyl (C=O) groups is 2. The zero-order valence-corrected chi connectivity index (χ0v) is 41.4. The van der Waals surface area contributed by atoms with E-state index in [4.69, 9.17) is 20.0 Å². The summed E-state index contributed by atoms with van der Waals surface area (Å²) in [7, 11) is 0. The fourth-order valence-corrected chi connectivity index (χ4v) is 11.1. The first-order valence-electron chi connectivity index (χ1n) is 27.9. The van der Waals surface area contributed by atoms with Gasteiger partial charge in [0.1, 0.15) is 0 Å². The van der Waals surface area contributed by atoms with Crippen molar-refractivity contribution in [3.8, 4) is 12.1 Å². The molecule has 0 aliphatic heterocycles. The number of hydrogen-bond donors (Lipinski definition) is 2. The molecule has 0 bridgehead atoms. The molecule has 2 N–H and O–H groups in total. The minimum Gasteiger partial charge on any atom is -0.378 e. The molecule has 0 unspecified atom stereocenters. The molecule has 0 heterocycles. The summed E-state index contributed by atoms with van der Waals surface area (Å²) in [6.45, 7) is 1.73. The first kappa shape index (κ1) is 54.0. The van der Waals surface area contributed by atoms with E-state index in [1.165, 1.54) is 64.2 Å². The van der Waals surface area contributed by atoms with Gasteiger partial charge in [-0.3, -0.25) is 9.59 Å². The largest absolute Gasteiger partial charge is 0.378 e. The first-order chi connectivity index (χ1) is 32.5. The minimum atomic E-state index is 0.0624. The number of unbranched alkanes of at least 4 members (excludes halogenated alkanes) is 14. The van der Waals surface area contributed by atoms with Crippen LogP contribution in [0.1, 0.15) is 244 Å². The van der Waals surface area contributed by atoms with E-state index in [-0.39, 0.29) is 35.7 Å². The van der Waals surface area contributed by atoms with E-state index in [1.54, 1.807) is 0 Å². The fourth-order valence-electron chi connectivity index (χ4n) is 11.1. The molecule has 5 rings (SSSR count). The van der Waals surface area contributed by atoms with Crippen LogP contribution >= 0.6 is 0 Å². The molecule has 0 saturated heterocycles. The van der Waals surface area contributed by atoms with Crippen molar-refractivity contribution in [3.05, 3.63) is 0 Å². The van der Waals surface area contributed by atoms with Crippen molar-refractivity contribution >= 4 is 11.8 Å². The van der Waals surface area contributed by atoms with Gasteiger partial charge in [-0.05, 0) is 141 Å². The van der Waals surface area contributed by atoms with Crippen molar-refractivity contribution in [3.63, 3.8) is 0 Å². The highest BCUT2D eigenvalue weighted by atomic mass is 16.5. The molecule has 0 aromatic rings. The summed E-state index contributed by atoms with van der Waals surface area (Å²) in [6.07, 6.45) is 41.4. The Morgan fingerprint density at radius 2 is 0.682 bits per heavy atom. The quantitative estimate of drug-likeness (QED) is 0.0536. The third kappa shape index (κ3) is 22.9. The second-order valence-electron chi connectivity index (χ2n) is 21.1. The van der Waals surface area contributed by atoms with Gasteiger partial charge in [-0.1, -0.05) is 89.9 Å².